The number of pyridine rings is 1. The van der Waals surface area contributed by atoms with Crippen molar-refractivity contribution >= 4 is 34.1 Å². The zero-order chi connectivity index (χ0) is 26.9. The molecule has 12 heteroatoms. The Kier molecular flexibility index (Phi) is 6.91. The Labute approximate surface area is 216 Å². The molecular weight excluding hydrogens is 497 g/mol. The molecule has 198 valence electrons. The average Bonchev–Trinajstić information content (AvgIpc) is 3.33. The van der Waals surface area contributed by atoms with Crippen LogP contribution in [0.4, 0.5) is 35.3 Å². The number of nitrogens with zero attached hydrogens (tertiary/aromatic N) is 4. The van der Waals surface area contributed by atoms with Gasteiger partial charge in [0.1, 0.15) is 5.82 Å². The van der Waals surface area contributed by atoms with E-state index in [1.54, 1.807) is 18.3 Å². The summed E-state index contributed by atoms with van der Waals surface area (Å²) in [6.45, 7) is 3.22. The maximum absolute atomic E-state index is 13.8. The summed E-state index contributed by atoms with van der Waals surface area (Å²) in [6, 6.07) is 12.2. The minimum absolute atomic E-state index is 0.0361. The van der Waals surface area contributed by atoms with Crippen molar-refractivity contribution < 1.29 is 18.0 Å². The molecule has 0 unspecified atom stereocenters. The Morgan fingerprint density at radius 2 is 1.82 bits per heavy atom. The number of likely N-dealkylation sites (N-methyl/N-ethyl adjacent to an activating group) is 1. The van der Waals surface area contributed by atoms with Gasteiger partial charge in [0, 0.05) is 61.6 Å². The van der Waals surface area contributed by atoms with Gasteiger partial charge in [-0.25, -0.2) is 9.78 Å². The van der Waals surface area contributed by atoms with E-state index in [-0.39, 0.29) is 23.6 Å². The second-order valence-corrected chi connectivity index (χ2v) is 9.37. The van der Waals surface area contributed by atoms with Crippen molar-refractivity contribution in [3.8, 4) is 11.3 Å². The molecular formula is C26H27F3N8O. The van der Waals surface area contributed by atoms with E-state index in [0.29, 0.717) is 24.6 Å². The lowest BCUT2D eigenvalue weighted by Gasteiger charge is -2.33. The van der Waals surface area contributed by atoms with Crippen molar-refractivity contribution in [3.63, 3.8) is 0 Å². The Bertz CT molecular complexity index is 1460. The van der Waals surface area contributed by atoms with Crippen LogP contribution in [0.3, 0.4) is 0 Å². The summed E-state index contributed by atoms with van der Waals surface area (Å²) >= 11 is 0. The number of hydrogen-bond donors (Lipinski definition) is 4. The topological polar surface area (TPSA) is 115 Å². The van der Waals surface area contributed by atoms with Crippen molar-refractivity contribution in [1.82, 2.24) is 25.0 Å². The van der Waals surface area contributed by atoms with E-state index in [4.69, 9.17) is 5.73 Å². The van der Waals surface area contributed by atoms with Crippen LogP contribution in [-0.2, 0) is 12.7 Å². The number of rotatable bonds is 5. The molecule has 2 amide bonds. The summed E-state index contributed by atoms with van der Waals surface area (Å²) in [6.07, 6.45) is -2.88. The van der Waals surface area contributed by atoms with Crippen LogP contribution in [0.5, 0.6) is 0 Å². The van der Waals surface area contributed by atoms with Crippen LogP contribution in [0.15, 0.2) is 54.7 Å². The SMILES string of the molecule is CN1CCN(Cc2ccc(NC(=O)Nc3cc(-c4ccc5cc(N)ncc5c4)[nH]n3)cc2C(F)(F)F)CC1. The molecule has 0 radical (unpaired) electrons. The number of nitrogens with two attached hydrogens (primary N) is 1. The van der Waals surface area contributed by atoms with Gasteiger partial charge in [-0.05, 0) is 42.3 Å². The first kappa shape index (κ1) is 25.5. The smallest absolute Gasteiger partial charge is 0.384 e. The lowest BCUT2D eigenvalue weighted by Crippen LogP contribution is -2.44. The van der Waals surface area contributed by atoms with Crippen LogP contribution >= 0.6 is 0 Å². The largest absolute Gasteiger partial charge is 0.416 e. The van der Waals surface area contributed by atoms with Gasteiger partial charge in [-0.1, -0.05) is 18.2 Å². The number of amides is 2. The van der Waals surface area contributed by atoms with Gasteiger partial charge in [-0.2, -0.15) is 18.3 Å². The zero-order valence-electron chi connectivity index (χ0n) is 20.6. The first-order valence-corrected chi connectivity index (χ1v) is 12.0. The van der Waals surface area contributed by atoms with Crippen LogP contribution in [0, 0.1) is 0 Å². The second kappa shape index (κ2) is 10.3. The molecule has 0 aliphatic carbocycles. The van der Waals surface area contributed by atoms with Crippen LogP contribution in [0.25, 0.3) is 22.0 Å². The summed E-state index contributed by atoms with van der Waals surface area (Å²) < 4.78 is 41.5. The Morgan fingerprint density at radius 3 is 2.58 bits per heavy atom. The van der Waals surface area contributed by atoms with Crippen molar-refractivity contribution in [2.45, 2.75) is 12.7 Å². The fourth-order valence-electron chi connectivity index (χ4n) is 4.44. The molecule has 5 N–H and O–H groups in total. The van der Waals surface area contributed by atoms with Crippen molar-refractivity contribution in [2.75, 3.05) is 49.6 Å². The lowest BCUT2D eigenvalue weighted by molar-refractivity contribution is -0.138. The third-order valence-electron chi connectivity index (χ3n) is 6.54. The van der Waals surface area contributed by atoms with E-state index in [0.717, 1.165) is 35.5 Å². The lowest BCUT2D eigenvalue weighted by atomic mass is 10.0. The molecule has 2 aromatic heterocycles. The van der Waals surface area contributed by atoms with E-state index in [1.165, 1.54) is 12.1 Å². The summed E-state index contributed by atoms with van der Waals surface area (Å²) in [5.41, 5.74) is 6.64. The van der Waals surface area contributed by atoms with Gasteiger partial charge >= 0.3 is 12.2 Å². The monoisotopic (exact) mass is 524 g/mol. The molecule has 5 rings (SSSR count). The molecule has 0 atom stereocenters. The number of aromatic nitrogens is 3. The molecule has 1 aliphatic heterocycles. The number of carbonyl (C=O) groups excluding carboxylic acids is 1. The molecule has 1 saturated heterocycles. The second-order valence-electron chi connectivity index (χ2n) is 9.37. The zero-order valence-corrected chi connectivity index (χ0v) is 20.6. The quantitative estimate of drug-likeness (QED) is 0.303. The maximum atomic E-state index is 13.8. The van der Waals surface area contributed by atoms with Crippen LogP contribution in [0.1, 0.15) is 11.1 Å². The molecule has 0 saturated carbocycles. The number of H-pyrrole nitrogens is 1. The molecule has 2 aromatic carbocycles. The van der Waals surface area contributed by atoms with E-state index < -0.39 is 17.8 Å². The summed E-state index contributed by atoms with van der Waals surface area (Å²) in [5.74, 6) is 0.645. The predicted octanol–water partition coefficient (Wildman–Crippen LogP) is 4.62. The number of hydrogen-bond acceptors (Lipinski definition) is 6. The number of urea groups is 1. The van der Waals surface area contributed by atoms with E-state index in [1.807, 2.05) is 30.1 Å². The Hall–Kier alpha value is -4.16. The van der Waals surface area contributed by atoms with Crippen molar-refractivity contribution in [3.05, 3.63) is 65.9 Å². The third-order valence-corrected chi connectivity index (χ3v) is 6.54. The van der Waals surface area contributed by atoms with Crippen LogP contribution in [0.2, 0.25) is 0 Å². The molecule has 4 aromatic rings. The molecule has 0 spiro atoms. The minimum Gasteiger partial charge on any atom is -0.384 e. The van der Waals surface area contributed by atoms with Crippen molar-refractivity contribution in [1.29, 1.82) is 0 Å². The number of aromatic amines is 1. The number of alkyl halides is 3. The summed E-state index contributed by atoms with van der Waals surface area (Å²) in [5, 5.41) is 13.8. The fraction of sp³-hybridized carbons (Fsp3) is 0.269. The predicted molar refractivity (Wildman–Crippen MR) is 141 cm³/mol. The first-order chi connectivity index (χ1) is 18.1. The van der Waals surface area contributed by atoms with Crippen LogP contribution < -0.4 is 16.4 Å². The fourth-order valence-corrected chi connectivity index (χ4v) is 4.44. The number of nitrogens with one attached hydrogen (secondary N) is 3. The molecule has 1 fully saturated rings. The molecule has 38 heavy (non-hydrogen) atoms. The number of benzene rings is 2. The average molecular weight is 525 g/mol. The van der Waals surface area contributed by atoms with Gasteiger partial charge in [0.2, 0.25) is 0 Å². The number of piperazine rings is 1. The standard InChI is InChI=1S/C26H27F3N8O/c1-36-6-8-37(9-7-36)15-18-4-5-20(12-21(18)26(27,28)29)32-25(38)33-24-13-22(34-35-24)17-3-2-16-11-23(30)31-14-19(16)10-17/h2-5,10-14H,6-9,15H2,1H3,(H2,30,31)(H3,32,33,34,35,38). The van der Waals surface area contributed by atoms with Crippen LogP contribution in [-0.4, -0.2) is 64.2 Å². The number of halogens is 3. The summed E-state index contributed by atoms with van der Waals surface area (Å²) in [4.78, 5) is 20.8. The Balaban J connectivity index is 1.26. The van der Waals surface area contributed by atoms with Gasteiger partial charge in [0.15, 0.2) is 5.82 Å². The number of nitrogen functional groups attached to an aromatic ring is 1. The van der Waals surface area contributed by atoms with Gasteiger partial charge in [0.25, 0.3) is 0 Å². The highest BCUT2D eigenvalue weighted by Crippen LogP contribution is 2.34. The van der Waals surface area contributed by atoms with E-state index in [2.05, 4.69) is 30.7 Å². The highest BCUT2D eigenvalue weighted by molar-refractivity contribution is 5.99. The van der Waals surface area contributed by atoms with E-state index >= 15 is 0 Å². The summed E-state index contributed by atoms with van der Waals surface area (Å²) in [7, 11) is 1.99. The van der Waals surface area contributed by atoms with Gasteiger partial charge in [0.05, 0.1) is 11.3 Å². The van der Waals surface area contributed by atoms with Gasteiger partial charge in [-0.15, -0.1) is 0 Å². The maximum Gasteiger partial charge on any atom is 0.416 e. The van der Waals surface area contributed by atoms with Gasteiger partial charge in [-0.3, -0.25) is 15.3 Å². The highest BCUT2D eigenvalue weighted by atomic mass is 19.4. The minimum atomic E-state index is -4.55. The normalized spacial score (nSPS) is 15.1. The third kappa shape index (κ3) is 5.87. The molecule has 9 nitrogen and oxygen atoms in total. The number of carbonyl (C=O) groups is 1. The number of anilines is 3. The van der Waals surface area contributed by atoms with Gasteiger partial charge < -0.3 is 16.0 Å². The molecule has 1 aliphatic rings. The molecule has 0 bridgehead atoms. The first-order valence-electron chi connectivity index (χ1n) is 12.0. The number of fused-ring (bicyclic) bond motifs is 1. The van der Waals surface area contributed by atoms with E-state index in [9.17, 15) is 18.0 Å². The molecule has 3 heterocycles. The Morgan fingerprint density at radius 1 is 1.03 bits per heavy atom. The van der Waals surface area contributed by atoms with Crippen molar-refractivity contribution in [2.24, 2.45) is 0 Å². The highest BCUT2D eigenvalue weighted by Gasteiger charge is 2.34.